The summed E-state index contributed by atoms with van der Waals surface area (Å²) in [5, 5.41) is 8.29. The van der Waals surface area contributed by atoms with Gasteiger partial charge in [0.1, 0.15) is 10.7 Å². The molecule has 0 saturated heterocycles. The number of halogens is 1. The third kappa shape index (κ3) is 4.60. The zero-order chi connectivity index (χ0) is 20.3. The van der Waals surface area contributed by atoms with Gasteiger partial charge in [-0.25, -0.2) is 14.4 Å². The minimum Gasteiger partial charge on any atom is -0.326 e. The molecule has 0 bridgehead atoms. The van der Waals surface area contributed by atoms with Gasteiger partial charge in [-0.3, -0.25) is 14.9 Å². The first-order valence-corrected chi connectivity index (χ1v) is 10.4. The van der Waals surface area contributed by atoms with E-state index in [9.17, 15) is 14.0 Å². The van der Waals surface area contributed by atoms with Crippen molar-refractivity contribution in [3.05, 3.63) is 45.0 Å². The zero-order valence-electron chi connectivity index (χ0n) is 15.6. The van der Waals surface area contributed by atoms with E-state index in [0.29, 0.717) is 32.6 Å². The second kappa shape index (κ2) is 8.57. The minimum atomic E-state index is -0.503. The summed E-state index contributed by atoms with van der Waals surface area (Å²) < 4.78 is 14.4. The number of amides is 2. The van der Waals surface area contributed by atoms with Crippen LogP contribution >= 0.6 is 22.7 Å². The highest BCUT2D eigenvalue weighted by molar-refractivity contribution is 7.15. The van der Waals surface area contributed by atoms with Crippen molar-refractivity contribution >= 4 is 45.3 Å². The summed E-state index contributed by atoms with van der Waals surface area (Å²) in [5.74, 6) is -1.04. The maximum absolute atomic E-state index is 14.4. The van der Waals surface area contributed by atoms with Gasteiger partial charge >= 0.3 is 0 Å². The van der Waals surface area contributed by atoms with Crippen molar-refractivity contribution in [2.24, 2.45) is 0 Å². The molecule has 2 amide bonds. The molecule has 2 aromatic heterocycles. The van der Waals surface area contributed by atoms with Crippen molar-refractivity contribution in [2.45, 2.75) is 33.6 Å². The molecule has 0 saturated carbocycles. The molecule has 0 spiro atoms. The Morgan fingerprint density at radius 2 is 2.00 bits per heavy atom. The Kier molecular flexibility index (Phi) is 6.15. The molecule has 2 N–H and O–H groups in total. The molecule has 2 heterocycles. The highest BCUT2D eigenvalue weighted by Gasteiger charge is 2.17. The van der Waals surface area contributed by atoms with E-state index in [1.165, 1.54) is 35.7 Å². The first kappa shape index (κ1) is 20.1. The Morgan fingerprint density at radius 3 is 2.68 bits per heavy atom. The maximum atomic E-state index is 14.4. The number of benzene rings is 1. The average molecular weight is 419 g/mol. The van der Waals surface area contributed by atoms with Crippen molar-refractivity contribution in [3.8, 4) is 11.3 Å². The largest absolute Gasteiger partial charge is 0.326 e. The summed E-state index contributed by atoms with van der Waals surface area (Å²) in [4.78, 5) is 32.9. The number of thiazole rings is 2. The van der Waals surface area contributed by atoms with E-state index >= 15 is 0 Å². The molecule has 0 aliphatic rings. The topological polar surface area (TPSA) is 84.0 Å². The number of hydrogen-bond donors (Lipinski definition) is 2. The molecule has 0 unspecified atom stereocenters. The van der Waals surface area contributed by atoms with Crippen LogP contribution in [0.15, 0.2) is 23.6 Å². The second-order valence-corrected chi connectivity index (χ2v) is 8.08. The number of anilines is 2. The summed E-state index contributed by atoms with van der Waals surface area (Å²) >= 11 is 2.60. The summed E-state index contributed by atoms with van der Waals surface area (Å²) in [7, 11) is 0. The number of rotatable bonds is 6. The molecule has 9 heteroatoms. The molecule has 0 fully saturated rings. The van der Waals surface area contributed by atoms with Crippen LogP contribution in [0.1, 0.15) is 40.6 Å². The van der Waals surface area contributed by atoms with Gasteiger partial charge in [0.2, 0.25) is 5.91 Å². The molecular weight excluding hydrogens is 399 g/mol. The lowest BCUT2D eigenvalue weighted by Crippen LogP contribution is -2.11. The number of carbonyl (C=O) groups excluding carboxylic acids is 2. The highest BCUT2D eigenvalue weighted by Crippen LogP contribution is 2.29. The van der Waals surface area contributed by atoms with E-state index in [1.54, 1.807) is 17.5 Å². The predicted molar refractivity (Wildman–Crippen MR) is 111 cm³/mol. The summed E-state index contributed by atoms with van der Waals surface area (Å²) in [6.45, 7) is 5.23. The fourth-order valence-corrected chi connectivity index (χ4v) is 4.36. The summed E-state index contributed by atoms with van der Waals surface area (Å²) in [6.07, 6.45) is 1.81. The van der Waals surface area contributed by atoms with E-state index in [2.05, 4.69) is 27.5 Å². The van der Waals surface area contributed by atoms with Crippen molar-refractivity contribution in [2.75, 3.05) is 10.6 Å². The van der Waals surface area contributed by atoms with Crippen LogP contribution in [0.5, 0.6) is 0 Å². The number of carbonyl (C=O) groups is 2. The molecule has 0 atom stereocenters. The molecule has 6 nitrogen and oxygen atoms in total. The maximum Gasteiger partial charge on any atom is 0.269 e. The van der Waals surface area contributed by atoms with Gasteiger partial charge in [0.25, 0.3) is 5.91 Å². The van der Waals surface area contributed by atoms with Gasteiger partial charge in [0.05, 0.1) is 16.4 Å². The quantitative estimate of drug-likeness (QED) is 0.598. The van der Waals surface area contributed by atoms with Gasteiger partial charge in [-0.05, 0) is 38.0 Å². The molecule has 3 aromatic rings. The molecule has 146 valence electrons. The van der Waals surface area contributed by atoms with Crippen LogP contribution < -0.4 is 10.6 Å². The summed E-state index contributed by atoms with van der Waals surface area (Å²) in [6, 6.07) is 4.39. The Labute approximate surface area is 169 Å². The second-order valence-electron chi connectivity index (χ2n) is 6.14. The van der Waals surface area contributed by atoms with Crippen molar-refractivity contribution in [1.82, 2.24) is 9.97 Å². The molecular formula is C19H19FN4O2S2. The number of aromatic nitrogens is 2. The average Bonchev–Trinajstić information content (AvgIpc) is 3.21. The van der Waals surface area contributed by atoms with E-state index in [1.807, 2.05) is 6.92 Å². The van der Waals surface area contributed by atoms with Gasteiger partial charge < -0.3 is 5.32 Å². The molecule has 1 aromatic carbocycles. The molecule has 0 aliphatic carbocycles. The number of aryl methyl sites for hydroxylation is 2. The zero-order valence-corrected chi connectivity index (χ0v) is 17.3. The molecule has 0 aliphatic heterocycles. The number of nitrogens with zero attached hydrogens (tertiary/aromatic N) is 2. The fourth-order valence-electron chi connectivity index (χ4n) is 2.60. The number of hydrogen-bond acceptors (Lipinski definition) is 6. The Balaban J connectivity index is 1.75. The van der Waals surface area contributed by atoms with Crippen LogP contribution in [0.25, 0.3) is 11.3 Å². The Morgan fingerprint density at radius 1 is 1.21 bits per heavy atom. The SMILES string of the molecule is CCCc1nc(C)c(C(=O)Nc2nc(-c3ccc(NC(C)=O)cc3F)cs2)s1. The van der Waals surface area contributed by atoms with E-state index < -0.39 is 5.82 Å². The van der Waals surface area contributed by atoms with Crippen LogP contribution in [-0.2, 0) is 11.2 Å². The van der Waals surface area contributed by atoms with E-state index in [4.69, 9.17) is 0 Å². The minimum absolute atomic E-state index is 0.264. The summed E-state index contributed by atoms with van der Waals surface area (Å²) in [5.41, 5.74) is 1.79. The molecule has 0 radical (unpaired) electrons. The van der Waals surface area contributed by atoms with Crippen molar-refractivity contribution in [1.29, 1.82) is 0 Å². The van der Waals surface area contributed by atoms with Crippen LogP contribution in [0.3, 0.4) is 0 Å². The third-order valence-corrected chi connectivity index (χ3v) is 5.77. The normalized spacial score (nSPS) is 10.7. The monoisotopic (exact) mass is 418 g/mol. The van der Waals surface area contributed by atoms with Crippen LogP contribution in [0.4, 0.5) is 15.2 Å². The van der Waals surface area contributed by atoms with Crippen LogP contribution in [0.2, 0.25) is 0 Å². The van der Waals surface area contributed by atoms with E-state index in [-0.39, 0.29) is 11.8 Å². The standard InChI is InChI=1S/C19H19FN4O2S2/c1-4-5-16-21-10(2)17(28-16)18(26)24-19-23-15(9-27-19)13-7-6-12(8-14(13)20)22-11(3)25/h6-9H,4-5H2,1-3H3,(H,22,25)(H,23,24,26). The van der Waals surface area contributed by atoms with Crippen LogP contribution in [0, 0.1) is 12.7 Å². The Bertz CT molecular complexity index is 1030. The van der Waals surface area contributed by atoms with Crippen LogP contribution in [-0.4, -0.2) is 21.8 Å². The predicted octanol–water partition coefficient (Wildman–Crippen LogP) is 4.88. The van der Waals surface area contributed by atoms with Gasteiger partial charge in [-0.15, -0.1) is 22.7 Å². The van der Waals surface area contributed by atoms with E-state index in [0.717, 1.165) is 17.8 Å². The first-order valence-electron chi connectivity index (χ1n) is 8.68. The molecule has 3 rings (SSSR count). The lowest BCUT2D eigenvalue weighted by atomic mass is 10.1. The highest BCUT2D eigenvalue weighted by atomic mass is 32.1. The van der Waals surface area contributed by atoms with Gasteiger partial charge in [-0.1, -0.05) is 6.92 Å². The third-order valence-electron chi connectivity index (χ3n) is 3.80. The van der Waals surface area contributed by atoms with Crippen molar-refractivity contribution < 1.29 is 14.0 Å². The lowest BCUT2D eigenvalue weighted by molar-refractivity contribution is -0.114. The smallest absolute Gasteiger partial charge is 0.269 e. The lowest BCUT2D eigenvalue weighted by Gasteiger charge is -2.05. The van der Waals surface area contributed by atoms with Crippen molar-refractivity contribution in [3.63, 3.8) is 0 Å². The number of nitrogens with one attached hydrogen (secondary N) is 2. The van der Waals surface area contributed by atoms with Gasteiger partial charge in [0, 0.05) is 23.6 Å². The first-order chi connectivity index (χ1) is 13.4. The van der Waals surface area contributed by atoms with Gasteiger partial charge in [-0.2, -0.15) is 0 Å². The fraction of sp³-hybridized carbons (Fsp3) is 0.263. The molecule has 28 heavy (non-hydrogen) atoms. The Hall–Kier alpha value is -2.65. The van der Waals surface area contributed by atoms with Gasteiger partial charge in [0.15, 0.2) is 5.13 Å².